The van der Waals surface area contributed by atoms with Crippen LogP contribution in [0.3, 0.4) is 0 Å². The maximum absolute atomic E-state index is 11.2. The van der Waals surface area contributed by atoms with E-state index in [9.17, 15) is 4.79 Å². The fraction of sp³-hybridized carbons (Fsp3) is 0.889. The molecule has 3 atom stereocenters. The maximum atomic E-state index is 11.2. The fourth-order valence-corrected chi connectivity index (χ4v) is 2.82. The third-order valence-electron chi connectivity index (χ3n) is 3.59. The van der Waals surface area contributed by atoms with Crippen molar-refractivity contribution in [2.45, 2.75) is 24.9 Å². The molecule has 3 rings (SSSR count). The van der Waals surface area contributed by atoms with Crippen LogP contribution in [0.2, 0.25) is 0 Å². The Kier molecular flexibility index (Phi) is 1.16. The Balaban J connectivity index is 1.91. The van der Waals surface area contributed by atoms with Crippen LogP contribution in [0.15, 0.2) is 0 Å². The summed E-state index contributed by atoms with van der Waals surface area (Å²) in [6.45, 7) is 1.32. The molecule has 0 aromatic rings. The van der Waals surface area contributed by atoms with E-state index in [4.69, 9.17) is 9.47 Å². The largest absolute Gasteiger partial charge is 0.462 e. The monoisotopic (exact) mass is 168 g/mol. The van der Waals surface area contributed by atoms with Gasteiger partial charge in [-0.1, -0.05) is 0 Å². The molecule has 1 aliphatic carbocycles. The van der Waals surface area contributed by atoms with Crippen molar-refractivity contribution in [1.29, 1.82) is 0 Å². The van der Waals surface area contributed by atoms with Gasteiger partial charge in [0.2, 0.25) is 0 Å². The van der Waals surface area contributed by atoms with Crippen LogP contribution in [0.1, 0.15) is 19.3 Å². The smallest absolute Gasteiger partial charge is 0.312 e. The summed E-state index contributed by atoms with van der Waals surface area (Å²) in [6.07, 6.45) is 3.36. The zero-order valence-electron chi connectivity index (χ0n) is 6.91. The Morgan fingerprint density at radius 2 is 2.42 bits per heavy atom. The highest BCUT2D eigenvalue weighted by molar-refractivity contribution is 5.78. The Hall–Kier alpha value is -0.570. The number of ether oxygens (including phenoxy) is 2. The van der Waals surface area contributed by atoms with Crippen LogP contribution in [0, 0.1) is 11.8 Å². The van der Waals surface area contributed by atoms with Gasteiger partial charge in [0.25, 0.3) is 0 Å². The molecule has 3 aliphatic rings. The van der Waals surface area contributed by atoms with Crippen LogP contribution in [0.25, 0.3) is 0 Å². The van der Waals surface area contributed by atoms with Crippen LogP contribution >= 0.6 is 0 Å². The van der Waals surface area contributed by atoms with E-state index in [1.807, 2.05) is 0 Å². The molecular formula is C9H12O3. The van der Waals surface area contributed by atoms with Gasteiger partial charge in [-0.15, -0.1) is 0 Å². The molecule has 1 saturated carbocycles. The molecule has 2 heterocycles. The van der Waals surface area contributed by atoms with E-state index in [0.29, 0.717) is 12.5 Å². The number of esters is 1. The van der Waals surface area contributed by atoms with Gasteiger partial charge in [0, 0.05) is 6.61 Å². The zero-order chi connectivity index (χ0) is 8.18. The summed E-state index contributed by atoms with van der Waals surface area (Å²) in [5, 5.41) is 0. The number of cyclic esters (lactones) is 1. The van der Waals surface area contributed by atoms with E-state index in [0.717, 1.165) is 19.4 Å². The van der Waals surface area contributed by atoms with Crippen molar-refractivity contribution >= 4 is 5.97 Å². The Labute approximate surface area is 71.0 Å². The minimum Gasteiger partial charge on any atom is -0.462 e. The first kappa shape index (κ1) is 6.89. The van der Waals surface area contributed by atoms with E-state index >= 15 is 0 Å². The SMILES string of the molecule is O=C1OC[C@@]23OCCC[C@@H]2C[C@@H]13. The highest BCUT2D eigenvalue weighted by Crippen LogP contribution is 2.55. The summed E-state index contributed by atoms with van der Waals surface area (Å²) in [6, 6.07) is 0. The second-order valence-corrected chi connectivity index (χ2v) is 4.04. The van der Waals surface area contributed by atoms with E-state index in [-0.39, 0.29) is 17.5 Å². The van der Waals surface area contributed by atoms with Crippen LogP contribution < -0.4 is 0 Å². The molecule has 12 heavy (non-hydrogen) atoms. The average Bonchev–Trinajstić information content (AvgIpc) is 2.29. The molecule has 1 spiro atoms. The topological polar surface area (TPSA) is 35.5 Å². The van der Waals surface area contributed by atoms with Gasteiger partial charge < -0.3 is 9.47 Å². The Bertz CT molecular complexity index is 238. The van der Waals surface area contributed by atoms with Crippen molar-refractivity contribution < 1.29 is 14.3 Å². The van der Waals surface area contributed by atoms with Crippen molar-refractivity contribution in [2.24, 2.45) is 11.8 Å². The quantitative estimate of drug-likeness (QED) is 0.500. The summed E-state index contributed by atoms with van der Waals surface area (Å²) in [4.78, 5) is 11.2. The lowest BCUT2D eigenvalue weighted by Crippen LogP contribution is -2.59. The lowest BCUT2D eigenvalue weighted by atomic mass is 9.60. The molecule has 2 saturated heterocycles. The molecular weight excluding hydrogens is 156 g/mol. The summed E-state index contributed by atoms with van der Waals surface area (Å²) in [5.74, 6) is 0.638. The molecule has 3 nitrogen and oxygen atoms in total. The van der Waals surface area contributed by atoms with Gasteiger partial charge in [0.05, 0.1) is 5.92 Å². The summed E-state index contributed by atoms with van der Waals surface area (Å²) in [5.41, 5.74) is -0.171. The van der Waals surface area contributed by atoms with E-state index in [1.54, 1.807) is 0 Å². The highest BCUT2D eigenvalue weighted by Gasteiger charge is 2.65. The second kappa shape index (κ2) is 2.02. The first-order valence-corrected chi connectivity index (χ1v) is 4.63. The molecule has 0 radical (unpaired) electrons. The number of hydrogen-bond donors (Lipinski definition) is 0. The van der Waals surface area contributed by atoms with E-state index in [2.05, 4.69) is 0 Å². The third-order valence-corrected chi connectivity index (χ3v) is 3.59. The first-order chi connectivity index (χ1) is 5.83. The molecule has 0 unspecified atom stereocenters. The van der Waals surface area contributed by atoms with Gasteiger partial charge in [-0.2, -0.15) is 0 Å². The van der Waals surface area contributed by atoms with Gasteiger partial charge in [-0.05, 0) is 25.2 Å². The lowest BCUT2D eigenvalue weighted by Gasteiger charge is -2.51. The van der Waals surface area contributed by atoms with Gasteiger partial charge in [-0.25, -0.2) is 0 Å². The second-order valence-electron chi connectivity index (χ2n) is 4.04. The van der Waals surface area contributed by atoms with Crippen LogP contribution in [0.4, 0.5) is 0 Å². The predicted octanol–water partition coefficient (Wildman–Crippen LogP) is 0.729. The zero-order valence-corrected chi connectivity index (χ0v) is 6.91. The van der Waals surface area contributed by atoms with Gasteiger partial charge >= 0.3 is 5.97 Å². The third kappa shape index (κ3) is 0.600. The maximum Gasteiger partial charge on any atom is 0.312 e. The molecule has 66 valence electrons. The van der Waals surface area contributed by atoms with Crippen LogP contribution in [-0.2, 0) is 14.3 Å². The fourth-order valence-electron chi connectivity index (χ4n) is 2.82. The number of rotatable bonds is 0. The van der Waals surface area contributed by atoms with E-state index in [1.165, 1.54) is 6.42 Å². The van der Waals surface area contributed by atoms with Crippen molar-refractivity contribution in [1.82, 2.24) is 0 Å². The molecule has 2 aliphatic heterocycles. The standard InChI is InChI=1S/C9H12O3/c10-8-7-4-6-2-1-3-12-9(6,7)5-11-8/h6-7H,1-5H2/t6-,7+,9-/m1/s1. The molecule has 0 bridgehead atoms. The van der Waals surface area contributed by atoms with Crippen molar-refractivity contribution in [3.05, 3.63) is 0 Å². The lowest BCUT2D eigenvalue weighted by molar-refractivity contribution is -0.197. The molecule has 3 fully saturated rings. The summed E-state index contributed by atoms with van der Waals surface area (Å²) in [7, 11) is 0. The molecule has 0 aromatic carbocycles. The number of carbonyl (C=O) groups excluding carboxylic acids is 1. The van der Waals surface area contributed by atoms with Crippen LogP contribution in [-0.4, -0.2) is 24.8 Å². The molecule has 0 amide bonds. The molecule has 0 aromatic heterocycles. The van der Waals surface area contributed by atoms with Crippen molar-refractivity contribution in [2.75, 3.05) is 13.2 Å². The average molecular weight is 168 g/mol. The number of carbonyl (C=O) groups is 1. The van der Waals surface area contributed by atoms with Crippen molar-refractivity contribution in [3.8, 4) is 0 Å². The van der Waals surface area contributed by atoms with Gasteiger partial charge in [0.1, 0.15) is 12.2 Å². The van der Waals surface area contributed by atoms with E-state index < -0.39 is 0 Å². The Morgan fingerprint density at radius 1 is 1.50 bits per heavy atom. The summed E-state index contributed by atoms with van der Waals surface area (Å²) >= 11 is 0. The normalized spacial score (nSPS) is 50.5. The van der Waals surface area contributed by atoms with Crippen LogP contribution in [0.5, 0.6) is 0 Å². The first-order valence-electron chi connectivity index (χ1n) is 4.63. The predicted molar refractivity (Wildman–Crippen MR) is 40.5 cm³/mol. The van der Waals surface area contributed by atoms with Gasteiger partial charge in [-0.3, -0.25) is 4.79 Å². The molecule has 3 heteroatoms. The molecule has 0 N–H and O–H groups in total. The summed E-state index contributed by atoms with van der Waals surface area (Å²) < 4.78 is 10.7. The minimum atomic E-state index is -0.171. The van der Waals surface area contributed by atoms with Gasteiger partial charge in [0.15, 0.2) is 0 Å². The highest BCUT2D eigenvalue weighted by atomic mass is 16.6. The Morgan fingerprint density at radius 3 is 3.17 bits per heavy atom. The number of hydrogen-bond acceptors (Lipinski definition) is 3. The minimum absolute atomic E-state index is 0.0341. The van der Waals surface area contributed by atoms with Crippen molar-refractivity contribution in [3.63, 3.8) is 0 Å².